The number of rotatable bonds is 5. The van der Waals surface area contributed by atoms with Gasteiger partial charge in [-0.3, -0.25) is 14.0 Å². The summed E-state index contributed by atoms with van der Waals surface area (Å²) in [5.74, 6) is -0.707. The fourth-order valence-corrected chi connectivity index (χ4v) is 3.16. The molecule has 0 saturated carbocycles. The van der Waals surface area contributed by atoms with Gasteiger partial charge in [0.25, 0.3) is 5.56 Å². The number of carbonyl (C=O) groups is 1. The lowest BCUT2D eigenvalue weighted by Gasteiger charge is -2.20. The fourth-order valence-electron chi connectivity index (χ4n) is 3.03. The van der Waals surface area contributed by atoms with E-state index in [1.54, 1.807) is 24.4 Å². The first-order valence-corrected chi connectivity index (χ1v) is 9.14. The van der Waals surface area contributed by atoms with Gasteiger partial charge in [0, 0.05) is 17.3 Å². The van der Waals surface area contributed by atoms with Crippen molar-refractivity contribution < 1.29 is 9.53 Å². The van der Waals surface area contributed by atoms with Gasteiger partial charge < -0.3 is 4.74 Å². The van der Waals surface area contributed by atoms with Crippen molar-refractivity contribution in [3.63, 3.8) is 0 Å². The SMILES string of the molecule is Cc1ccc2nc(COC(=O)[C@@H](c3ccc(Cl)cc3)C(C)C)cc(=O)n2c1. The zero-order valence-electron chi connectivity index (χ0n) is 15.5. The maximum atomic E-state index is 12.7. The Hall–Kier alpha value is -2.66. The Labute approximate surface area is 162 Å². The van der Waals surface area contributed by atoms with E-state index in [-0.39, 0.29) is 24.1 Å². The van der Waals surface area contributed by atoms with E-state index in [0.29, 0.717) is 16.4 Å². The highest BCUT2D eigenvalue weighted by Crippen LogP contribution is 2.27. The number of hydrogen-bond acceptors (Lipinski definition) is 4. The van der Waals surface area contributed by atoms with E-state index in [9.17, 15) is 9.59 Å². The zero-order valence-corrected chi connectivity index (χ0v) is 16.2. The van der Waals surface area contributed by atoms with E-state index in [4.69, 9.17) is 16.3 Å². The summed E-state index contributed by atoms with van der Waals surface area (Å²) in [7, 11) is 0. The maximum absolute atomic E-state index is 12.7. The van der Waals surface area contributed by atoms with Crippen molar-refractivity contribution >= 4 is 23.2 Å². The number of esters is 1. The lowest BCUT2D eigenvalue weighted by molar-refractivity contribution is -0.148. The molecule has 5 nitrogen and oxygen atoms in total. The van der Waals surface area contributed by atoms with E-state index < -0.39 is 5.92 Å². The molecule has 2 heterocycles. The molecule has 1 atom stereocenters. The van der Waals surface area contributed by atoms with Gasteiger partial charge in [0.1, 0.15) is 12.3 Å². The average Bonchev–Trinajstić information content (AvgIpc) is 2.62. The lowest BCUT2D eigenvalue weighted by atomic mass is 9.88. The second kappa shape index (κ2) is 7.92. The van der Waals surface area contributed by atoms with Crippen LogP contribution in [-0.2, 0) is 16.1 Å². The highest BCUT2D eigenvalue weighted by Gasteiger charge is 2.26. The quantitative estimate of drug-likeness (QED) is 0.620. The monoisotopic (exact) mass is 384 g/mol. The molecule has 0 radical (unpaired) electrons. The lowest BCUT2D eigenvalue weighted by Crippen LogP contribution is -2.22. The smallest absolute Gasteiger partial charge is 0.314 e. The Balaban J connectivity index is 1.79. The summed E-state index contributed by atoms with van der Waals surface area (Å²) in [5, 5.41) is 0.616. The zero-order chi connectivity index (χ0) is 19.6. The highest BCUT2D eigenvalue weighted by atomic mass is 35.5. The predicted molar refractivity (Wildman–Crippen MR) is 105 cm³/mol. The van der Waals surface area contributed by atoms with Crippen molar-refractivity contribution in [2.24, 2.45) is 5.92 Å². The molecular weight excluding hydrogens is 364 g/mol. The first-order chi connectivity index (χ1) is 12.8. The van der Waals surface area contributed by atoms with Gasteiger partial charge in [-0.05, 0) is 42.2 Å². The molecule has 6 heteroatoms. The molecule has 0 aliphatic carbocycles. The van der Waals surface area contributed by atoms with Crippen LogP contribution in [0.5, 0.6) is 0 Å². The third-order valence-electron chi connectivity index (χ3n) is 4.37. The van der Waals surface area contributed by atoms with Gasteiger partial charge in [0.05, 0.1) is 11.6 Å². The number of halogens is 1. The molecule has 0 fully saturated rings. The molecule has 2 aromatic heterocycles. The van der Waals surface area contributed by atoms with Crippen LogP contribution in [0.4, 0.5) is 0 Å². The number of carbonyl (C=O) groups excluding carboxylic acids is 1. The molecule has 0 aliphatic rings. The van der Waals surface area contributed by atoms with Gasteiger partial charge >= 0.3 is 5.97 Å². The summed E-state index contributed by atoms with van der Waals surface area (Å²) in [6.07, 6.45) is 1.73. The number of pyridine rings is 1. The predicted octanol–water partition coefficient (Wildman–Crippen LogP) is 4.14. The molecule has 0 saturated heterocycles. The molecule has 0 N–H and O–H groups in total. The number of nitrogens with zero attached hydrogens (tertiary/aromatic N) is 2. The Morgan fingerprint density at radius 1 is 1.19 bits per heavy atom. The third-order valence-corrected chi connectivity index (χ3v) is 4.62. The Morgan fingerprint density at radius 2 is 1.89 bits per heavy atom. The third kappa shape index (κ3) is 4.37. The second-order valence-corrected chi connectivity index (χ2v) is 7.34. The minimum atomic E-state index is -0.411. The Morgan fingerprint density at radius 3 is 2.56 bits per heavy atom. The number of ether oxygens (including phenoxy) is 1. The maximum Gasteiger partial charge on any atom is 0.314 e. The number of fused-ring (bicyclic) bond motifs is 1. The Kier molecular flexibility index (Phi) is 5.61. The molecule has 3 aromatic rings. The molecule has 0 amide bonds. The van der Waals surface area contributed by atoms with E-state index in [1.807, 2.05) is 39.0 Å². The van der Waals surface area contributed by atoms with E-state index in [2.05, 4.69) is 4.98 Å². The van der Waals surface area contributed by atoms with Crippen molar-refractivity contribution in [2.75, 3.05) is 0 Å². The summed E-state index contributed by atoms with van der Waals surface area (Å²) < 4.78 is 6.96. The molecule has 1 aromatic carbocycles. The van der Waals surface area contributed by atoms with Crippen LogP contribution in [0.25, 0.3) is 5.65 Å². The molecule has 27 heavy (non-hydrogen) atoms. The Bertz CT molecular complexity index is 1030. The van der Waals surface area contributed by atoms with Gasteiger partial charge in [0.2, 0.25) is 0 Å². The molecule has 0 unspecified atom stereocenters. The fraction of sp³-hybridized carbons (Fsp3) is 0.286. The summed E-state index contributed by atoms with van der Waals surface area (Å²) >= 11 is 5.93. The van der Waals surface area contributed by atoms with Crippen molar-refractivity contribution in [3.8, 4) is 0 Å². The minimum Gasteiger partial charge on any atom is -0.459 e. The minimum absolute atomic E-state index is 0.0464. The topological polar surface area (TPSA) is 60.7 Å². The average molecular weight is 385 g/mol. The van der Waals surface area contributed by atoms with Crippen molar-refractivity contribution in [1.29, 1.82) is 0 Å². The standard InChI is InChI=1S/C21H21ClN2O3/c1-13(2)20(15-5-7-16(22)8-6-15)21(26)27-12-17-10-19(25)24-11-14(3)4-9-18(24)23-17/h4-11,13,20H,12H2,1-3H3/t20-/m1/s1. The molecule has 0 aliphatic heterocycles. The van der Waals surface area contributed by atoms with Crippen LogP contribution < -0.4 is 5.56 Å². The largest absolute Gasteiger partial charge is 0.459 e. The molecule has 3 rings (SSSR count). The number of hydrogen-bond donors (Lipinski definition) is 0. The van der Waals surface area contributed by atoms with Crippen LogP contribution in [0.15, 0.2) is 53.5 Å². The van der Waals surface area contributed by atoms with Crippen molar-refractivity contribution in [2.45, 2.75) is 33.3 Å². The van der Waals surface area contributed by atoms with Crippen molar-refractivity contribution in [3.05, 3.63) is 80.9 Å². The second-order valence-electron chi connectivity index (χ2n) is 6.90. The molecule has 140 valence electrons. The summed E-state index contributed by atoms with van der Waals surface area (Å²) in [6, 6.07) is 12.2. The van der Waals surface area contributed by atoms with Gasteiger partial charge in [-0.25, -0.2) is 4.98 Å². The van der Waals surface area contributed by atoms with Crippen LogP contribution >= 0.6 is 11.6 Å². The van der Waals surface area contributed by atoms with Crippen LogP contribution in [-0.4, -0.2) is 15.4 Å². The van der Waals surface area contributed by atoms with Crippen molar-refractivity contribution in [1.82, 2.24) is 9.38 Å². The number of aromatic nitrogens is 2. The number of aryl methyl sites for hydroxylation is 1. The van der Waals surface area contributed by atoms with E-state index >= 15 is 0 Å². The highest BCUT2D eigenvalue weighted by molar-refractivity contribution is 6.30. The summed E-state index contributed by atoms with van der Waals surface area (Å²) in [6.45, 7) is 5.78. The summed E-state index contributed by atoms with van der Waals surface area (Å²) in [4.78, 5) is 29.3. The molecule has 0 bridgehead atoms. The van der Waals surface area contributed by atoms with E-state index in [1.165, 1.54) is 10.5 Å². The first-order valence-electron chi connectivity index (χ1n) is 8.76. The van der Waals surface area contributed by atoms with E-state index in [0.717, 1.165) is 11.1 Å². The van der Waals surface area contributed by atoms with Gasteiger partial charge in [-0.1, -0.05) is 43.6 Å². The number of benzene rings is 1. The van der Waals surface area contributed by atoms with Crippen LogP contribution in [0, 0.1) is 12.8 Å². The normalized spacial score (nSPS) is 12.3. The van der Waals surface area contributed by atoms with Gasteiger partial charge in [0.15, 0.2) is 0 Å². The van der Waals surface area contributed by atoms with Crippen LogP contribution in [0.1, 0.15) is 36.6 Å². The van der Waals surface area contributed by atoms with Gasteiger partial charge in [-0.2, -0.15) is 0 Å². The summed E-state index contributed by atoms with van der Waals surface area (Å²) in [5.41, 5.74) is 2.57. The molecule has 0 spiro atoms. The molecular formula is C21H21ClN2O3. The first kappa shape index (κ1) is 19.1. The van der Waals surface area contributed by atoms with Crippen LogP contribution in [0.3, 0.4) is 0 Å². The van der Waals surface area contributed by atoms with Gasteiger partial charge in [-0.15, -0.1) is 0 Å². The van der Waals surface area contributed by atoms with Crippen LogP contribution in [0.2, 0.25) is 5.02 Å².